The van der Waals surface area contributed by atoms with Crippen LogP contribution in [0.4, 0.5) is 4.39 Å². The third-order valence-corrected chi connectivity index (χ3v) is 3.99. The summed E-state index contributed by atoms with van der Waals surface area (Å²) in [5.41, 5.74) is 4.07. The van der Waals surface area contributed by atoms with Crippen molar-refractivity contribution in [2.45, 2.75) is 19.9 Å². The van der Waals surface area contributed by atoms with E-state index >= 15 is 0 Å². The van der Waals surface area contributed by atoms with Gasteiger partial charge in [-0.3, -0.25) is 0 Å². The van der Waals surface area contributed by atoms with Crippen LogP contribution < -0.4 is 5.32 Å². The average molecular weight is 283 g/mol. The Bertz CT molecular complexity index is 791. The van der Waals surface area contributed by atoms with Crippen molar-refractivity contribution in [1.29, 1.82) is 0 Å². The third kappa shape index (κ3) is 2.34. The predicted molar refractivity (Wildman–Crippen MR) is 83.0 cm³/mol. The van der Waals surface area contributed by atoms with Crippen molar-refractivity contribution in [2.24, 2.45) is 0 Å². The van der Waals surface area contributed by atoms with E-state index in [-0.39, 0.29) is 11.9 Å². The van der Waals surface area contributed by atoms with E-state index in [1.165, 1.54) is 23.3 Å². The molecule has 2 aromatic carbocycles. The predicted octanol–water partition coefficient (Wildman–Crippen LogP) is 4.50. The van der Waals surface area contributed by atoms with Gasteiger partial charge in [0.25, 0.3) is 0 Å². The number of nitrogens with one attached hydrogen (secondary N) is 1. The zero-order valence-electron chi connectivity index (χ0n) is 12.4. The molecular formula is C18H18FNO. The van der Waals surface area contributed by atoms with E-state index in [1.54, 1.807) is 6.07 Å². The highest BCUT2D eigenvalue weighted by Crippen LogP contribution is 2.33. The van der Waals surface area contributed by atoms with Gasteiger partial charge in [0.1, 0.15) is 17.2 Å². The smallest absolute Gasteiger partial charge is 0.134 e. The minimum absolute atomic E-state index is 0.0401. The molecule has 0 radical (unpaired) electrons. The Morgan fingerprint density at radius 2 is 1.86 bits per heavy atom. The monoisotopic (exact) mass is 283 g/mol. The van der Waals surface area contributed by atoms with Gasteiger partial charge < -0.3 is 9.73 Å². The summed E-state index contributed by atoms with van der Waals surface area (Å²) in [6.07, 6.45) is 0. The molecule has 1 atom stereocenters. The Labute approximate surface area is 123 Å². The molecule has 108 valence electrons. The molecule has 1 N–H and O–H groups in total. The minimum Gasteiger partial charge on any atom is -0.459 e. The maximum absolute atomic E-state index is 13.4. The Morgan fingerprint density at radius 3 is 2.57 bits per heavy atom. The molecule has 3 rings (SSSR count). The van der Waals surface area contributed by atoms with Crippen LogP contribution in [0.25, 0.3) is 11.0 Å². The molecule has 3 aromatic rings. The number of furan rings is 1. The summed E-state index contributed by atoms with van der Waals surface area (Å²) in [7, 11) is 1.91. The van der Waals surface area contributed by atoms with E-state index in [0.29, 0.717) is 0 Å². The molecule has 0 fully saturated rings. The molecule has 1 aromatic heterocycles. The van der Waals surface area contributed by atoms with Crippen molar-refractivity contribution in [3.05, 3.63) is 70.7 Å². The van der Waals surface area contributed by atoms with E-state index in [0.717, 1.165) is 22.3 Å². The van der Waals surface area contributed by atoms with E-state index < -0.39 is 0 Å². The van der Waals surface area contributed by atoms with Crippen LogP contribution in [0.5, 0.6) is 0 Å². The summed E-state index contributed by atoms with van der Waals surface area (Å²) in [6, 6.07) is 12.8. The number of fused-ring (bicyclic) bond motifs is 1. The summed E-state index contributed by atoms with van der Waals surface area (Å²) >= 11 is 0. The molecule has 1 unspecified atom stereocenters. The first kappa shape index (κ1) is 13.8. The number of hydrogen-bond acceptors (Lipinski definition) is 2. The van der Waals surface area contributed by atoms with Crippen LogP contribution in [-0.2, 0) is 0 Å². The van der Waals surface area contributed by atoms with Crippen LogP contribution >= 0.6 is 0 Å². The van der Waals surface area contributed by atoms with E-state index in [1.807, 2.05) is 26.1 Å². The van der Waals surface area contributed by atoms with Gasteiger partial charge in [0.05, 0.1) is 6.04 Å². The van der Waals surface area contributed by atoms with E-state index in [2.05, 4.69) is 24.4 Å². The summed E-state index contributed by atoms with van der Waals surface area (Å²) in [5, 5.41) is 4.14. The average Bonchev–Trinajstić information content (AvgIpc) is 2.79. The van der Waals surface area contributed by atoms with Gasteiger partial charge in [0.2, 0.25) is 0 Å². The maximum atomic E-state index is 13.4. The first-order valence-electron chi connectivity index (χ1n) is 7.03. The molecule has 3 heteroatoms. The van der Waals surface area contributed by atoms with Gasteiger partial charge in [-0.05, 0) is 50.2 Å². The molecule has 2 nitrogen and oxygen atoms in total. The fourth-order valence-electron chi connectivity index (χ4n) is 2.83. The van der Waals surface area contributed by atoms with Gasteiger partial charge in [-0.15, -0.1) is 0 Å². The second-order valence-corrected chi connectivity index (χ2v) is 5.31. The van der Waals surface area contributed by atoms with Gasteiger partial charge in [-0.2, -0.15) is 0 Å². The zero-order valence-corrected chi connectivity index (χ0v) is 12.4. The summed E-state index contributed by atoms with van der Waals surface area (Å²) in [5.74, 6) is 0.599. The summed E-state index contributed by atoms with van der Waals surface area (Å²) < 4.78 is 19.4. The molecule has 0 saturated heterocycles. The van der Waals surface area contributed by atoms with Crippen LogP contribution in [0.1, 0.15) is 28.5 Å². The van der Waals surface area contributed by atoms with Gasteiger partial charge in [-0.1, -0.05) is 24.3 Å². The fraction of sp³-hybridized carbons (Fsp3) is 0.222. The minimum atomic E-state index is -0.241. The Morgan fingerprint density at radius 1 is 1.10 bits per heavy atom. The Hall–Kier alpha value is -2.13. The van der Waals surface area contributed by atoms with Crippen LogP contribution in [0.3, 0.4) is 0 Å². The van der Waals surface area contributed by atoms with Gasteiger partial charge >= 0.3 is 0 Å². The number of halogens is 1. The third-order valence-electron chi connectivity index (χ3n) is 3.99. The first-order chi connectivity index (χ1) is 10.1. The second-order valence-electron chi connectivity index (χ2n) is 5.31. The summed E-state index contributed by atoms with van der Waals surface area (Å²) in [6.45, 7) is 4.06. The van der Waals surface area contributed by atoms with Crippen molar-refractivity contribution >= 4 is 11.0 Å². The Balaban J connectivity index is 2.18. The molecule has 0 aliphatic rings. The first-order valence-corrected chi connectivity index (χ1v) is 7.03. The van der Waals surface area contributed by atoms with Crippen molar-refractivity contribution in [3.8, 4) is 0 Å². The number of aryl methyl sites for hydroxylation is 2. The van der Waals surface area contributed by atoms with Crippen LogP contribution in [0.15, 0.2) is 46.9 Å². The Kier molecular flexibility index (Phi) is 3.52. The molecule has 0 saturated carbocycles. The topological polar surface area (TPSA) is 25.2 Å². The van der Waals surface area contributed by atoms with E-state index in [4.69, 9.17) is 4.42 Å². The van der Waals surface area contributed by atoms with Crippen molar-refractivity contribution in [3.63, 3.8) is 0 Å². The van der Waals surface area contributed by atoms with Crippen molar-refractivity contribution in [2.75, 3.05) is 7.05 Å². The highest BCUT2D eigenvalue weighted by Gasteiger charge is 2.22. The second kappa shape index (κ2) is 5.34. The zero-order chi connectivity index (χ0) is 15.0. The number of benzene rings is 2. The maximum Gasteiger partial charge on any atom is 0.134 e. The van der Waals surface area contributed by atoms with Crippen LogP contribution in [0, 0.1) is 19.7 Å². The highest BCUT2D eigenvalue weighted by molar-refractivity contribution is 5.82. The van der Waals surface area contributed by atoms with Crippen molar-refractivity contribution < 1.29 is 8.81 Å². The lowest BCUT2D eigenvalue weighted by Crippen LogP contribution is -2.18. The summed E-state index contributed by atoms with van der Waals surface area (Å²) in [4.78, 5) is 0. The molecule has 0 bridgehead atoms. The molecule has 1 heterocycles. The largest absolute Gasteiger partial charge is 0.459 e. The van der Waals surface area contributed by atoms with E-state index in [9.17, 15) is 4.39 Å². The molecule has 0 amide bonds. The molecule has 0 aliphatic carbocycles. The lowest BCUT2D eigenvalue weighted by molar-refractivity contribution is 0.486. The molecular weight excluding hydrogens is 265 g/mol. The molecule has 0 spiro atoms. The number of rotatable bonds is 3. The quantitative estimate of drug-likeness (QED) is 0.765. The highest BCUT2D eigenvalue weighted by atomic mass is 19.1. The van der Waals surface area contributed by atoms with Gasteiger partial charge in [0.15, 0.2) is 0 Å². The van der Waals surface area contributed by atoms with Gasteiger partial charge in [0, 0.05) is 10.9 Å². The van der Waals surface area contributed by atoms with Crippen molar-refractivity contribution in [1.82, 2.24) is 5.32 Å². The molecule has 21 heavy (non-hydrogen) atoms. The SMILES string of the molecule is CNC(c1ccccc1C)c1oc2ccc(F)cc2c1C. The van der Waals surface area contributed by atoms with Crippen LogP contribution in [-0.4, -0.2) is 7.05 Å². The number of hydrogen-bond donors (Lipinski definition) is 1. The lowest BCUT2D eigenvalue weighted by Gasteiger charge is -2.17. The van der Waals surface area contributed by atoms with Gasteiger partial charge in [-0.25, -0.2) is 4.39 Å². The molecule has 0 aliphatic heterocycles. The standard InChI is InChI=1S/C18H18FNO/c1-11-6-4-5-7-14(11)17(20-3)18-12(2)15-10-13(19)8-9-16(15)21-18/h4-10,17,20H,1-3H3. The lowest BCUT2D eigenvalue weighted by atomic mass is 9.97. The fourth-order valence-corrected chi connectivity index (χ4v) is 2.83. The normalized spacial score (nSPS) is 12.8. The van der Waals surface area contributed by atoms with Crippen LogP contribution in [0.2, 0.25) is 0 Å².